The van der Waals surface area contributed by atoms with E-state index in [1.165, 1.54) is 5.56 Å². The Balaban J connectivity index is 2.07. The smallest absolute Gasteiger partial charge is 0.0896 e. The molecule has 0 aliphatic carbocycles. The Bertz CT molecular complexity index is 311. The summed E-state index contributed by atoms with van der Waals surface area (Å²) in [6.45, 7) is 4.64. The third-order valence-corrected chi connectivity index (χ3v) is 2.95. The molecule has 1 aliphatic rings. The zero-order chi connectivity index (χ0) is 10.7. The Morgan fingerprint density at radius 2 is 2.53 bits per heavy atom. The number of aryl methyl sites for hydroxylation is 1. The van der Waals surface area contributed by atoms with E-state index in [1.54, 1.807) is 0 Å². The van der Waals surface area contributed by atoms with Gasteiger partial charge >= 0.3 is 0 Å². The van der Waals surface area contributed by atoms with Crippen LogP contribution in [0.5, 0.6) is 0 Å². The lowest BCUT2D eigenvalue weighted by Crippen LogP contribution is -2.17. The summed E-state index contributed by atoms with van der Waals surface area (Å²) >= 11 is 0. The first-order valence-electron chi connectivity index (χ1n) is 5.69. The maximum Gasteiger partial charge on any atom is 0.0896 e. The summed E-state index contributed by atoms with van der Waals surface area (Å²) in [5.74, 6) is 0.462. The van der Waals surface area contributed by atoms with E-state index in [0.717, 1.165) is 26.0 Å². The molecule has 2 atom stereocenters. The summed E-state index contributed by atoms with van der Waals surface area (Å²) in [7, 11) is 0. The third kappa shape index (κ3) is 2.21. The highest BCUT2D eigenvalue weighted by atomic mass is 16.5. The fourth-order valence-corrected chi connectivity index (χ4v) is 2.12. The summed E-state index contributed by atoms with van der Waals surface area (Å²) in [5, 5.41) is 4.32. The third-order valence-electron chi connectivity index (χ3n) is 2.95. The maximum atomic E-state index is 5.72. The molecule has 0 spiro atoms. The van der Waals surface area contributed by atoms with Crippen LogP contribution in [-0.2, 0) is 11.3 Å². The van der Waals surface area contributed by atoms with E-state index >= 15 is 0 Å². The summed E-state index contributed by atoms with van der Waals surface area (Å²) < 4.78 is 7.68. The van der Waals surface area contributed by atoms with Gasteiger partial charge in [0.15, 0.2) is 0 Å². The molecule has 0 aromatic carbocycles. The molecule has 0 bridgehead atoms. The van der Waals surface area contributed by atoms with Gasteiger partial charge in [0, 0.05) is 30.8 Å². The number of nitrogens with two attached hydrogens (primary N) is 1. The summed E-state index contributed by atoms with van der Waals surface area (Å²) in [4.78, 5) is 0. The molecule has 0 amide bonds. The van der Waals surface area contributed by atoms with Gasteiger partial charge in [-0.15, -0.1) is 0 Å². The lowest BCUT2D eigenvalue weighted by Gasteiger charge is -2.14. The fourth-order valence-electron chi connectivity index (χ4n) is 2.12. The molecule has 2 rings (SSSR count). The topological polar surface area (TPSA) is 53.1 Å². The molecule has 84 valence electrons. The van der Waals surface area contributed by atoms with Crippen LogP contribution in [0, 0.1) is 5.92 Å². The minimum Gasteiger partial charge on any atom is -0.373 e. The highest BCUT2D eigenvalue weighted by Crippen LogP contribution is 2.33. The molecule has 1 aromatic heterocycles. The number of hydrogen-bond acceptors (Lipinski definition) is 3. The van der Waals surface area contributed by atoms with Gasteiger partial charge in [0.1, 0.15) is 0 Å². The molecule has 4 heteroatoms. The second-order valence-corrected chi connectivity index (χ2v) is 4.11. The molecule has 2 unspecified atom stereocenters. The normalized spacial score (nSPS) is 26.0. The van der Waals surface area contributed by atoms with Crippen molar-refractivity contribution in [2.45, 2.75) is 32.4 Å². The molecule has 2 heterocycles. The van der Waals surface area contributed by atoms with Gasteiger partial charge in [-0.1, -0.05) is 6.92 Å². The van der Waals surface area contributed by atoms with Crippen LogP contribution in [-0.4, -0.2) is 22.9 Å². The number of ether oxygens (including phenoxy) is 1. The van der Waals surface area contributed by atoms with E-state index in [-0.39, 0.29) is 6.10 Å². The van der Waals surface area contributed by atoms with Crippen LogP contribution in [0.3, 0.4) is 0 Å². The van der Waals surface area contributed by atoms with Crippen molar-refractivity contribution in [3.63, 3.8) is 0 Å². The van der Waals surface area contributed by atoms with Crippen LogP contribution in [0.15, 0.2) is 12.4 Å². The molecule has 0 saturated carbocycles. The van der Waals surface area contributed by atoms with Gasteiger partial charge in [0.2, 0.25) is 0 Å². The van der Waals surface area contributed by atoms with Crippen molar-refractivity contribution in [3.8, 4) is 0 Å². The second-order valence-electron chi connectivity index (χ2n) is 4.11. The van der Waals surface area contributed by atoms with Crippen molar-refractivity contribution >= 4 is 0 Å². The van der Waals surface area contributed by atoms with Crippen LogP contribution in [0.2, 0.25) is 0 Å². The van der Waals surface area contributed by atoms with Crippen LogP contribution in [0.25, 0.3) is 0 Å². The molecular weight excluding hydrogens is 190 g/mol. The van der Waals surface area contributed by atoms with Crippen LogP contribution >= 0.6 is 0 Å². The maximum absolute atomic E-state index is 5.72. The van der Waals surface area contributed by atoms with E-state index < -0.39 is 0 Å². The number of hydrogen-bond donors (Lipinski definition) is 1. The average molecular weight is 209 g/mol. The zero-order valence-electron chi connectivity index (χ0n) is 9.22. The van der Waals surface area contributed by atoms with Gasteiger partial charge < -0.3 is 10.5 Å². The van der Waals surface area contributed by atoms with Crippen molar-refractivity contribution in [1.82, 2.24) is 9.78 Å². The van der Waals surface area contributed by atoms with Gasteiger partial charge in [0.25, 0.3) is 0 Å². The first kappa shape index (κ1) is 10.6. The predicted molar refractivity (Wildman–Crippen MR) is 58.4 cm³/mol. The standard InChI is InChI=1S/C11H19N3O/c1-2-4-14-8-10(7-13-14)11-9(6-12)3-5-15-11/h7-9,11H,2-6,12H2,1H3. The van der Waals surface area contributed by atoms with E-state index in [1.807, 2.05) is 10.9 Å². The van der Waals surface area contributed by atoms with Crippen LogP contribution < -0.4 is 5.73 Å². The molecule has 1 fully saturated rings. The minimum atomic E-state index is 0.167. The Hall–Kier alpha value is -0.870. The summed E-state index contributed by atoms with van der Waals surface area (Å²) in [5.41, 5.74) is 6.90. The number of aromatic nitrogens is 2. The molecule has 1 saturated heterocycles. The molecular formula is C11H19N3O. The molecule has 15 heavy (non-hydrogen) atoms. The molecule has 4 nitrogen and oxygen atoms in total. The molecule has 2 N–H and O–H groups in total. The van der Waals surface area contributed by atoms with Gasteiger partial charge in [-0.25, -0.2) is 0 Å². The first-order valence-corrected chi connectivity index (χ1v) is 5.69. The first-order chi connectivity index (χ1) is 7.35. The Morgan fingerprint density at radius 3 is 3.27 bits per heavy atom. The lowest BCUT2D eigenvalue weighted by molar-refractivity contribution is 0.0924. The van der Waals surface area contributed by atoms with Crippen molar-refractivity contribution in [2.75, 3.05) is 13.2 Å². The van der Waals surface area contributed by atoms with Crippen molar-refractivity contribution in [1.29, 1.82) is 0 Å². The van der Waals surface area contributed by atoms with Gasteiger partial charge in [-0.2, -0.15) is 5.10 Å². The monoisotopic (exact) mass is 209 g/mol. The molecule has 0 radical (unpaired) electrons. The SMILES string of the molecule is CCCn1cc(C2OCCC2CN)cn1. The number of nitrogens with zero attached hydrogens (tertiary/aromatic N) is 2. The molecule has 1 aromatic rings. The van der Waals surface area contributed by atoms with Crippen molar-refractivity contribution in [2.24, 2.45) is 11.7 Å². The number of rotatable bonds is 4. The van der Waals surface area contributed by atoms with Crippen LogP contribution in [0.4, 0.5) is 0 Å². The van der Waals surface area contributed by atoms with Gasteiger partial charge in [-0.3, -0.25) is 4.68 Å². The Morgan fingerprint density at radius 1 is 1.67 bits per heavy atom. The largest absolute Gasteiger partial charge is 0.373 e. The lowest BCUT2D eigenvalue weighted by atomic mass is 9.98. The van der Waals surface area contributed by atoms with Crippen molar-refractivity contribution < 1.29 is 4.74 Å². The second kappa shape index (κ2) is 4.77. The van der Waals surface area contributed by atoms with E-state index in [0.29, 0.717) is 12.5 Å². The highest BCUT2D eigenvalue weighted by molar-refractivity contribution is 5.11. The van der Waals surface area contributed by atoms with E-state index in [4.69, 9.17) is 10.5 Å². The van der Waals surface area contributed by atoms with E-state index in [2.05, 4.69) is 18.2 Å². The quantitative estimate of drug-likeness (QED) is 0.814. The zero-order valence-corrected chi connectivity index (χ0v) is 9.22. The van der Waals surface area contributed by atoms with Crippen molar-refractivity contribution in [3.05, 3.63) is 18.0 Å². The highest BCUT2D eigenvalue weighted by Gasteiger charge is 2.29. The minimum absolute atomic E-state index is 0.167. The Kier molecular flexibility index (Phi) is 3.38. The predicted octanol–water partition coefficient (Wildman–Crippen LogP) is 1.33. The summed E-state index contributed by atoms with van der Waals surface area (Å²) in [6, 6.07) is 0. The fraction of sp³-hybridized carbons (Fsp3) is 0.727. The molecule has 1 aliphatic heterocycles. The van der Waals surface area contributed by atoms with Gasteiger partial charge in [-0.05, 0) is 19.4 Å². The average Bonchev–Trinajstić information content (AvgIpc) is 2.84. The van der Waals surface area contributed by atoms with E-state index in [9.17, 15) is 0 Å². The van der Waals surface area contributed by atoms with Crippen LogP contribution in [0.1, 0.15) is 31.4 Å². The van der Waals surface area contributed by atoms with Gasteiger partial charge in [0.05, 0.1) is 12.3 Å². The summed E-state index contributed by atoms with van der Waals surface area (Å²) in [6.07, 6.45) is 6.34. The Labute approximate surface area is 90.4 Å².